The number of rotatable bonds is 2. The third-order valence-electron chi connectivity index (χ3n) is 5.36. The number of hydrogen-bond acceptors (Lipinski definition) is 0. The second-order valence-corrected chi connectivity index (χ2v) is 6.95. The van der Waals surface area contributed by atoms with E-state index in [-0.39, 0.29) is 0 Å². The third kappa shape index (κ3) is 1.89. The highest BCUT2D eigenvalue weighted by atomic mass is 14.6. The minimum atomic E-state index is 0.348. The van der Waals surface area contributed by atoms with Crippen LogP contribution in [0, 0.1) is 26.7 Å². The molecule has 2 atom stereocenters. The molecule has 106 valence electrons. The molecule has 1 fully saturated rings. The summed E-state index contributed by atoms with van der Waals surface area (Å²) in [5.41, 5.74) is 9.17. The summed E-state index contributed by atoms with van der Waals surface area (Å²) in [5, 5.41) is 0. The van der Waals surface area contributed by atoms with Crippen LogP contribution in [0.2, 0.25) is 0 Å². The molecule has 0 N–H and O–H groups in total. The van der Waals surface area contributed by atoms with Crippen LogP contribution < -0.4 is 0 Å². The van der Waals surface area contributed by atoms with E-state index in [1.54, 1.807) is 5.57 Å². The van der Waals surface area contributed by atoms with Crippen LogP contribution in [-0.4, -0.2) is 0 Å². The molecule has 0 radical (unpaired) electrons. The lowest BCUT2D eigenvalue weighted by molar-refractivity contribution is 0.777. The fourth-order valence-corrected chi connectivity index (χ4v) is 4.46. The zero-order valence-corrected chi connectivity index (χ0v) is 13.1. The summed E-state index contributed by atoms with van der Waals surface area (Å²) in [6.45, 7) is 6.71. The highest BCUT2D eigenvalue weighted by molar-refractivity contribution is 5.77. The molecular formula is C21H22. The smallest absolute Gasteiger partial charge is 0.0173 e. The number of fused-ring (bicyclic) bond motifs is 1. The Morgan fingerprint density at radius 1 is 0.952 bits per heavy atom. The van der Waals surface area contributed by atoms with Crippen LogP contribution in [0.15, 0.2) is 48.5 Å². The summed E-state index contributed by atoms with van der Waals surface area (Å²) in [5.74, 6) is 0.829. The lowest BCUT2D eigenvalue weighted by atomic mass is 9.91. The average molecular weight is 274 g/mol. The lowest BCUT2D eigenvalue weighted by Gasteiger charge is -2.14. The minimum Gasteiger partial charge on any atom is -0.0698 e. The van der Waals surface area contributed by atoms with Gasteiger partial charge in [0.1, 0.15) is 0 Å². The number of benzene rings is 2. The van der Waals surface area contributed by atoms with E-state index in [9.17, 15) is 0 Å². The molecule has 0 aromatic heterocycles. The quantitative estimate of drug-likeness (QED) is 0.692. The van der Waals surface area contributed by atoms with Gasteiger partial charge in [-0.2, -0.15) is 0 Å². The summed E-state index contributed by atoms with van der Waals surface area (Å²) in [7, 11) is 0. The molecule has 21 heavy (non-hydrogen) atoms. The van der Waals surface area contributed by atoms with Crippen molar-refractivity contribution in [3.63, 3.8) is 0 Å². The molecule has 0 heterocycles. The Morgan fingerprint density at radius 2 is 1.62 bits per heavy atom. The zero-order chi connectivity index (χ0) is 14.6. The standard InChI is InChI=1S/C21H22/c1-14-9-15(2)20(16(3)10-14)17-11-19-13-21(19,12-17)18-7-5-4-6-8-18/h4-10,12,19H,11,13H2,1-3H3/t19-,21+/m1/s1. The van der Waals surface area contributed by atoms with Gasteiger partial charge in [-0.3, -0.25) is 0 Å². The predicted octanol–water partition coefficient (Wildman–Crippen LogP) is 5.36. The van der Waals surface area contributed by atoms with Gasteiger partial charge in [0.25, 0.3) is 0 Å². The van der Waals surface area contributed by atoms with E-state index in [0.717, 1.165) is 5.92 Å². The van der Waals surface area contributed by atoms with Crippen LogP contribution in [0.5, 0.6) is 0 Å². The number of hydrogen-bond donors (Lipinski definition) is 0. The van der Waals surface area contributed by atoms with Gasteiger partial charge in [0.15, 0.2) is 0 Å². The molecular weight excluding hydrogens is 252 g/mol. The van der Waals surface area contributed by atoms with Crippen LogP contribution in [0.25, 0.3) is 5.57 Å². The molecule has 2 aliphatic carbocycles. The van der Waals surface area contributed by atoms with Crippen molar-refractivity contribution in [2.24, 2.45) is 5.92 Å². The highest BCUT2D eigenvalue weighted by Crippen LogP contribution is 2.64. The maximum Gasteiger partial charge on any atom is 0.0173 e. The van der Waals surface area contributed by atoms with E-state index in [1.165, 1.54) is 40.7 Å². The van der Waals surface area contributed by atoms with E-state index in [0.29, 0.717) is 5.41 Å². The molecule has 0 nitrogen and oxygen atoms in total. The van der Waals surface area contributed by atoms with Crippen LogP contribution in [-0.2, 0) is 5.41 Å². The first-order chi connectivity index (χ1) is 10.1. The summed E-state index contributed by atoms with van der Waals surface area (Å²) < 4.78 is 0. The van der Waals surface area contributed by atoms with E-state index in [4.69, 9.17) is 0 Å². The van der Waals surface area contributed by atoms with Crippen LogP contribution in [0.3, 0.4) is 0 Å². The second-order valence-electron chi connectivity index (χ2n) is 6.95. The van der Waals surface area contributed by atoms with Gasteiger partial charge in [0.2, 0.25) is 0 Å². The third-order valence-corrected chi connectivity index (χ3v) is 5.36. The first-order valence-electron chi connectivity index (χ1n) is 7.96. The van der Waals surface area contributed by atoms with Crippen LogP contribution in [0.1, 0.15) is 40.7 Å². The van der Waals surface area contributed by atoms with Crippen LogP contribution in [0.4, 0.5) is 0 Å². The van der Waals surface area contributed by atoms with Gasteiger partial charge in [-0.15, -0.1) is 0 Å². The summed E-state index contributed by atoms with van der Waals surface area (Å²) >= 11 is 0. The lowest BCUT2D eigenvalue weighted by Crippen LogP contribution is -2.02. The first-order valence-corrected chi connectivity index (χ1v) is 7.96. The Kier molecular flexibility index (Phi) is 2.66. The molecule has 0 saturated heterocycles. The molecule has 2 aliphatic rings. The number of allylic oxidation sites excluding steroid dienone is 2. The Hall–Kier alpha value is -1.82. The fourth-order valence-electron chi connectivity index (χ4n) is 4.46. The van der Waals surface area contributed by atoms with Crippen molar-refractivity contribution in [2.75, 3.05) is 0 Å². The van der Waals surface area contributed by atoms with Crippen molar-refractivity contribution < 1.29 is 0 Å². The van der Waals surface area contributed by atoms with Crippen molar-refractivity contribution in [1.29, 1.82) is 0 Å². The largest absolute Gasteiger partial charge is 0.0698 e. The molecule has 2 aromatic rings. The van der Waals surface area contributed by atoms with E-state index < -0.39 is 0 Å². The van der Waals surface area contributed by atoms with E-state index >= 15 is 0 Å². The van der Waals surface area contributed by atoms with E-state index in [2.05, 4.69) is 69.3 Å². The molecule has 2 aromatic carbocycles. The van der Waals surface area contributed by atoms with Gasteiger partial charge in [0, 0.05) is 5.41 Å². The highest BCUT2D eigenvalue weighted by Gasteiger charge is 2.57. The molecule has 0 bridgehead atoms. The maximum absolute atomic E-state index is 2.58. The zero-order valence-electron chi connectivity index (χ0n) is 13.1. The Balaban J connectivity index is 1.78. The van der Waals surface area contributed by atoms with Gasteiger partial charge in [-0.25, -0.2) is 0 Å². The predicted molar refractivity (Wildman–Crippen MR) is 89.5 cm³/mol. The fraction of sp³-hybridized carbons (Fsp3) is 0.333. The van der Waals surface area contributed by atoms with Crippen molar-refractivity contribution in [3.8, 4) is 0 Å². The van der Waals surface area contributed by atoms with Crippen molar-refractivity contribution in [2.45, 2.75) is 39.0 Å². The molecule has 0 amide bonds. The number of aryl methyl sites for hydroxylation is 3. The molecule has 0 heteroatoms. The van der Waals surface area contributed by atoms with Crippen LogP contribution >= 0.6 is 0 Å². The monoisotopic (exact) mass is 274 g/mol. The Morgan fingerprint density at radius 3 is 2.29 bits per heavy atom. The molecule has 4 rings (SSSR count). The first kappa shape index (κ1) is 12.9. The van der Waals surface area contributed by atoms with Crippen molar-refractivity contribution in [1.82, 2.24) is 0 Å². The normalized spacial score (nSPS) is 26.4. The van der Waals surface area contributed by atoms with Gasteiger partial charge in [-0.1, -0.05) is 54.1 Å². The van der Waals surface area contributed by atoms with E-state index in [1.807, 2.05) is 0 Å². The van der Waals surface area contributed by atoms with Gasteiger partial charge >= 0.3 is 0 Å². The SMILES string of the molecule is Cc1cc(C)c(C2=C[C@@]3(c4ccccc4)C[C@H]3C2)c(C)c1. The van der Waals surface area contributed by atoms with Gasteiger partial charge < -0.3 is 0 Å². The minimum absolute atomic E-state index is 0.348. The second kappa shape index (κ2) is 4.34. The van der Waals surface area contributed by atoms with Gasteiger partial charge in [0.05, 0.1) is 0 Å². The summed E-state index contributed by atoms with van der Waals surface area (Å²) in [6, 6.07) is 15.7. The topological polar surface area (TPSA) is 0 Å². The molecule has 0 spiro atoms. The Bertz CT molecular complexity index is 713. The van der Waals surface area contributed by atoms with Crippen molar-refractivity contribution >= 4 is 5.57 Å². The average Bonchev–Trinajstić information content (AvgIpc) is 3.02. The maximum atomic E-state index is 2.58. The summed E-state index contributed by atoms with van der Waals surface area (Å²) in [4.78, 5) is 0. The molecule has 0 unspecified atom stereocenters. The van der Waals surface area contributed by atoms with Gasteiger partial charge in [-0.05, 0) is 67.4 Å². The molecule has 1 saturated carbocycles. The van der Waals surface area contributed by atoms with Crippen molar-refractivity contribution in [3.05, 3.63) is 76.4 Å². The molecule has 0 aliphatic heterocycles. The summed E-state index contributed by atoms with van der Waals surface area (Å²) in [6.07, 6.45) is 5.17. The Labute approximate surface area is 127 Å².